The lowest BCUT2D eigenvalue weighted by atomic mass is 10.0. The molecule has 0 aliphatic rings. The maximum Gasteiger partial charge on any atom is 0.326 e. The van der Waals surface area contributed by atoms with Crippen LogP contribution < -0.4 is 21.7 Å². The molecule has 14 nitrogen and oxygen atoms in total. The first kappa shape index (κ1) is 29.0. The number of aliphatic hydroxyl groups excluding tert-OH is 1. The summed E-state index contributed by atoms with van der Waals surface area (Å²) in [5.74, 6) is -7.18. The molecule has 1 aromatic carbocycles. The normalized spacial score (nSPS) is 14.0. The van der Waals surface area contributed by atoms with Crippen LogP contribution in [0.5, 0.6) is 0 Å². The van der Waals surface area contributed by atoms with Crippen molar-refractivity contribution in [1.29, 1.82) is 0 Å². The van der Waals surface area contributed by atoms with Crippen molar-refractivity contribution in [3.8, 4) is 0 Å². The first-order valence-electron chi connectivity index (χ1n) is 10.4. The van der Waals surface area contributed by atoms with Crippen molar-refractivity contribution in [2.24, 2.45) is 5.73 Å². The van der Waals surface area contributed by atoms with Crippen LogP contribution in [0.15, 0.2) is 30.3 Å². The van der Waals surface area contributed by atoms with Gasteiger partial charge in [0, 0.05) is 12.8 Å². The molecule has 0 aliphatic carbocycles. The van der Waals surface area contributed by atoms with E-state index in [1.807, 2.05) is 5.32 Å². The molecule has 1 rings (SSSR count). The number of nitrogens with one attached hydrogen (secondary N) is 3. The van der Waals surface area contributed by atoms with Gasteiger partial charge < -0.3 is 42.1 Å². The molecule has 0 aliphatic heterocycles. The average Bonchev–Trinajstić information content (AvgIpc) is 2.79. The lowest BCUT2D eigenvalue weighted by molar-refractivity contribution is -0.147. The first-order chi connectivity index (χ1) is 16.4. The van der Waals surface area contributed by atoms with Gasteiger partial charge in [-0.3, -0.25) is 24.0 Å². The summed E-state index contributed by atoms with van der Waals surface area (Å²) >= 11 is 0. The van der Waals surface area contributed by atoms with Crippen LogP contribution in [0.2, 0.25) is 0 Å². The molecule has 0 spiro atoms. The Hall–Kier alpha value is -4.04. The van der Waals surface area contributed by atoms with E-state index in [0.717, 1.165) is 0 Å². The number of carboxylic acids is 3. The van der Waals surface area contributed by atoms with Crippen LogP contribution >= 0.6 is 0 Å². The van der Waals surface area contributed by atoms with Crippen LogP contribution in [0.25, 0.3) is 0 Å². The van der Waals surface area contributed by atoms with Gasteiger partial charge in [0.05, 0.1) is 19.1 Å². The minimum absolute atomic E-state index is 0.0550. The molecule has 0 fully saturated rings. The molecule has 0 aromatic heterocycles. The number of carboxylic acid groups (broad SMARTS) is 3. The highest BCUT2D eigenvalue weighted by atomic mass is 16.4. The van der Waals surface area contributed by atoms with Crippen molar-refractivity contribution in [1.82, 2.24) is 16.0 Å². The molecule has 0 saturated heterocycles. The molecule has 4 atom stereocenters. The first-order valence-corrected chi connectivity index (χ1v) is 10.4. The van der Waals surface area contributed by atoms with Gasteiger partial charge in [0.1, 0.15) is 18.1 Å². The monoisotopic (exact) mass is 496 g/mol. The number of rotatable bonds is 15. The van der Waals surface area contributed by atoms with E-state index < -0.39 is 72.8 Å². The number of amides is 3. The number of hydrogen-bond acceptors (Lipinski definition) is 8. The summed E-state index contributed by atoms with van der Waals surface area (Å²) in [5.41, 5.74) is 6.31. The summed E-state index contributed by atoms with van der Waals surface area (Å²) in [7, 11) is 0. The van der Waals surface area contributed by atoms with Gasteiger partial charge in [-0.2, -0.15) is 0 Å². The van der Waals surface area contributed by atoms with Gasteiger partial charge in [0.15, 0.2) is 0 Å². The number of aliphatic hydroxyl groups is 1. The molecule has 14 heteroatoms. The van der Waals surface area contributed by atoms with E-state index in [2.05, 4.69) is 10.6 Å². The Morgan fingerprint density at radius 3 is 1.83 bits per heavy atom. The van der Waals surface area contributed by atoms with Gasteiger partial charge in [-0.05, 0) is 12.0 Å². The van der Waals surface area contributed by atoms with Crippen LogP contribution in [0.1, 0.15) is 24.8 Å². The Morgan fingerprint density at radius 1 is 0.771 bits per heavy atom. The summed E-state index contributed by atoms with van der Waals surface area (Å²) in [6, 6.07) is 2.42. The van der Waals surface area contributed by atoms with Crippen molar-refractivity contribution in [2.45, 2.75) is 49.9 Å². The highest BCUT2D eigenvalue weighted by Gasteiger charge is 2.31. The smallest absolute Gasteiger partial charge is 0.326 e. The number of benzene rings is 1. The van der Waals surface area contributed by atoms with Gasteiger partial charge in [-0.15, -0.1) is 0 Å². The average molecular weight is 496 g/mol. The fraction of sp³-hybridized carbons (Fsp3) is 0.429. The standard InChI is InChI=1S/C21H28N4O10/c22-12(6-7-16(27)28)18(31)23-13(8-11-4-2-1-3-5-11)19(32)25-15(10-26)20(33)24-14(21(34)35)9-17(29)30/h1-5,12-15,26H,6-10,22H2,(H,23,31)(H,24,33)(H,25,32)(H,27,28)(H,29,30)(H,34,35). The Labute approximate surface area is 199 Å². The summed E-state index contributed by atoms with van der Waals surface area (Å²) < 4.78 is 0. The third-order valence-electron chi connectivity index (χ3n) is 4.73. The molecule has 0 heterocycles. The van der Waals surface area contributed by atoms with Crippen LogP contribution in [0, 0.1) is 0 Å². The van der Waals surface area contributed by atoms with E-state index in [0.29, 0.717) is 5.56 Å². The van der Waals surface area contributed by atoms with E-state index in [9.17, 15) is 33.9 Å². The van der Waals surface area contributed by atoms with E-state index >= 15 is 0 Å². The van der Waals surface area contributed by atoms with Crippen molar-refractivity contribution in [3.63, 3.8) is 0 Å². The Bertz CT molecular complexity index is 924. The zero-order chi connectivity index (χ0) is 26.5. The molecular formula is C21H28N4O10. The zero-order valence-corrected chi connectivity index (χ0v) is 18.5. The van der Waals surface area contributed by atoms with Crippen molar-refractivity contribution in [2.75, 3.05) is 6.61 Å². The van der Waals surface area contributed by atoms with Gasteiger partial charge in [-0.25, -0.2) is 4.79 Å². The quantitative estimate of drug-likeness (QED) is 0.125. The third-order valence-corrected chi connectivity index (χ3v) is 4.73. The van der Waals surface area contributed by atoms with Gasteiger partial charge in [0.2, 0.25) is 17.7 Å². The van der Waals surface area contributed by atoms with E-state index in [-0.39, 0.29) is 19.3 Å². The summed E-state index contributed by atoms with van der Waals surface area (Å²) in [6.07, 6.45) is -1.56. The molecule has 35 heavy (non-hydrogen) atoms. The molecule has 3 amide bonds. The fourth-order valence-electron chi connectivity index (χ4n) is 2.86. The second kappa shape index (κ2) is 14.3. The van der Waals surface area contributed by atoms with Crippen LogP contribution in [0.4, 0.5) is 0 Å². The Morgan fingerprint density at radius 2 is 1.31 bits per heavy atom. The lowest BCUT2D eigenvalue weighted by Crippen LogP contribution is -2.58. The van der Waals surface area contributed by atoms with Crippen molar-refractivity contribution < 1.29 is 49.2 Å². The van der Waals surface area contributed by atoms with E-state index in [4.69, 9.17) is 21.1 Å². The number of aliphatic carboxylic acids is 3. The second-order valence-electron chi connectivity index (χ2n) is 7.53. The van der Waals surface area contributed by atoms with Gasteiger partial charge in [-0.1, -0.05) is 30.3 Å². The Kier molecular flexibility index (Phi) is 11.8. The molecule has 192 valence electrons. The minimum Gasteiger partial charge on any atom is -0.481 e. The molecule has 9 N–H and O–H groups in total. The summed E-state index contributed by atoms with van der Waals surface area (Å²) in [6.45, 7) is -0.957. The maximum absolute atomic E-state index is 12.9. The number of nitrogens with two attached hydrogens (primary N) is 1. The molecular weight excluding hydrogens is 468 g/mol. The van der Waals surface area contributed by atoms with Crippen molar-refractivity contribution in [3.05, 3.63) is 35.9 Å². The minimum atomic E-state index is -1.81. The molecule has 0 bridgehead atoms. The number of hydrogen-bond donors (Lipinski definition) is 8. The van der Waals surface area contributed by atoms with Crippen LogP contribution in [-0.4, -0.2) is 86.8 Å². The Balaban J connectivity index is 2.98. The maximum atomic E-state index is 12.9. The number of carbonyl (C=O) groups excluding carboxylic acids is 3. The second-order valence-corrected chi connectivity index (χ2v) is 7.53. The van der Waals surface area contributed by atoms with Crippen molar-refractivity contribution >= 4 is 35.6 Å². The molecule has 0 radical (unpaired) electrons. The zero-order valence-electron chi connectivity index (χ0n) is 18.5. The predicted molar refractivity (Wildman–Crippen MR) is 118 cm³/mol. The van der Waals surface area contributed by atoms with Gasteiger partial charge >= 0.3 is 17.9 Å². The lowest BCUT2D eigenvalue weighted by Gasteiger charge is -2.24. The van der Waals surface area contributed by atoms with E-state index in [1.54, 1.807) is 30.3 Å². The topological polar surface area (TPSA) is 245 Å². The largest absolute Gasteiger partial charge is 0.481 e. The molecule has 0 saturated carbocycles. The SMILES string of the molecule is NC(CCC(=O)O)C(=O)NC(Cc1ccccc1)C(=O)NC(CO)C(=O)NC(CC(=O)O)C(=O)O. The van der Waals surface area contributed by atoms with Gasteiger partial charge in [0.25, 0.3) is 0 Å². The van der Waals surface area contributed by atoms with E-state index in [1.165, 1.54) is 0 Å². The van der Waals surface area contributed by atoms with Crippen LogP contribution in [0.3, 0.4) is 0 Å². The summed E-state index contributed by atoms with van der Waals surface area (Å²) in [5, 5.41) is 42.6. The van der Waals surface area contributed by atoms with Crippen LogP contribution in [-0.2, 0) is 35.2 Å². The highest BCUT2D eigenvalue weighted by Crippen LogP contribution is 2.06. The number of carbonyl (C=O) groups is 6. The predicted octanol–water partition coefficient (Wildman–Crippen LogP) is -2.57. The third kappa shape index (κ3) is 10.6. The molecule has 4 unspecified atom stereocenters. The highest BCUT2D eigenvalue weighted by molar-refractivity contribution is 5.94. The molecule has 1 aromatic rings. The summed E-state index contributed by atoms with van der Waals surface area (Å²) in [4.78, 5) is 70.3. The fourth-order valence-corrected chi connectivity index (χ4v) is 2.86.